The SMILES string of the molecule is CC(C)(C)C(CC(C(=O)O)C(C(N)=O)C(CC(C(=O)O)C(C(N)=O)C(c1ccccc1)C(C)(C)C)c1ccccc1)c1ccccc1. The molecule has 252 valence electrons. The summed E-state index contributed by atoms with van der Waals surface area (Å²) < 4.78 is 0. The molecule has 0 bridgehead atoms. The topological polar surface area (TPSA) is 161 Å². The Kier molecular flexibility index (Phi) is 12.1. The molecule has 0 fully saturated rings. The number of carboxylic acid groups (broad SMARTS) is 2. The van der Waals surface area contributed by atoms with E-state index >= 15 is 0 Å². The highest BCUT2D eigenvalue weighted by molar-refractivity contribution is 5.86. The fourth-order valence-corrected chi connectivity index (χ4v) is 7.37. The number of amides is 2. The third-order valence-electron chi connectivity index (χ3n) is 9.52. The van der Waals surface area contributed by atoms with Crippen LogP contribution in [0.1, 0.15) is 88.8 Å². The van der Waals surface area contributed by atoms with Crippen molar-refractivity contribution >= 4 is 23.8 Å². The van der Waals surface area contributed by atoms with Gasteiger partial charge in [-0.05, 0) is 52.2 Å². The Bertz CT molecular complexity index is 1500. The van der Waals surface area contributed by atoms with E-state index in [2.05, 4.69) is 0 Å². The second-order valence-corrected chi connectivity index (χ2v) is 14.8. The quantitative estimate of drug-likeness (QED) is 0.142. The predicted octanol–water partition coefficient (Wildman–Crippen LogP) is 6.81. The second kappa shape index (κ2) is 15.4. The Hall–Kier alpha value is -4.46. The van der Waals surface area contributed by atoms with Crippen molar-refractivity contribution in [2.45, 2.75) is 72.1 Å². The summed E-state index contributed by atoms with van der Waals surface area (Å²) >= 11 is 0. The van der Waals surface area contributed by atoms with Gasteiger partial charge in [-0.1, -0.05) is 133 Å². The van der Waals surface area contributed by atoms with Crippen molar-refractivity contribution in [2.24, 2.45) is 46.0 Å². The first-order valence-corrected chi connectivity index (χ1v) is 16.1. The van der Waals surface area contributed by atoms with Gasteiger partial charge in [0, 0.05) is 5.92 Å². The molecule has 0 aliphatic carbocycles. The normalized spacial score (nSPS) is 16.6. The van der Waals surface area contributed by atoms with E-state index in [4.69, 9.17) is 11.5 Å². The van der Waals surface area contributed by atoms with Crippen LogP contribution in [-0.2, 0) is 19.2 Å². The van der Waals surface area contributed by atoms with Gasteiger partial charge >= 0.3 is 11.9 Å². The van der Waals surface area contributed by atoms with Gasteiger partial charge in [0.2, 0.25) is 11.8 Å². The standard InChI is InChI=1S/C39H50N2O6/c1-38(2,3)30(25-18-12-8-13-19-25)23-29(37(46)47)31(34(40)42)27(24-16-10-7-11-17-24)22-28(36(44)45)32(35(41)43)33(39(4,5)6)26-20-14-9-15-21-26/h7-21,27-33H,22-23H2,1-6H3,(H2,40,42)(H2,41,43)(H,44,45)(H,46,47). The summed E-state index contributed by atoms with van der Waals surface area (Å²) in [6.07, 6.45) is -0.138. The van der Waals surface area contributed by atoms with Gasteiger partial charge in [-0.15, -0.1) is 0 Å². The van der Waals surface area contributed by atoms with E-state index in [0.717, 1.165) is 11.1 Å². The highest BCUT2D eigenvalue weighted by atomic mass is 16.4. The molecular formula is C39H50N2O6. The van der Waals surface area contributed by atoms with Crippen LogP contribution in [-0.4, -0.2) is 34.0 Å². The maximum Gasteiger partial charge on any atom is 0.307 e. The van der Waals surface area contributed by atoms with Crippen molar-refractivity contribution in [3.8, 4) is 0 Å². The van der Waals surface area contributed by atoms with E-state index in [1.54, 1.807) is 30.3 Å². The number of primary amides is 2. The van der Waals surface area contributed by atoms with E-state index in [-0.39, 0.29) is 24.2 Å². The first-order valence-electron chi connectivity index (χ1n) is 16.1. The van der Waals surface area contributed by atoms with Gasteiger partial charge in [0.25, 0.3) is 0 Å². The average Bonchev–Trinajstić information content (AvgIpc) is 2.99. The van der Waals surface area contributed by atoms with Gasteiger partial charge in [-0.3, -0.25) is 19.2 Å². The highest BCUT2D eigenvalue weighted by Crippen LogP contribution is 2.49. The first-order chi connectivity index (χ1) is 21.9. The summed E-state index contributed by atoms with van der Waals surface area (Å²) in [5, 5.41) is 21.5. The molecule has 3 aromatic carbocycles. The minimum absolute atomic E-state index is 0.0887. The van der Waals surface area contributed by atoms with Crippen LogP contribution in [0.4, 0.5) is 0 Å². The maximum absolute atomic E-state index is 13.5. The van der Waals surface area contributed by atoms with Crippen LogP contribution in [0.5, 0.6) is 0 Å². The van der Waals surface area contributed by atoms with Crippen LogP contribution >= 0.6 is 0 Å². The first kappa shape index (κ1) is 37.0. The molecule has 0 radical (unpaired) electrons. The molecule has 47 heavy (non-hydrogen) atoms. The molecular weight excluding hydrogens is 592 g/mol. The molecule has 0 aliphatic rings. The zero-order valence-electron chi connectivity index (χ0n) is 28.3. The van der Waals surface area contributed by atoms with Crippen LogP contribution in [0.2, 0.25) is 0 Å². The van der Waals surface area contributed by atoms with Crippen molar-refractivity contribution in [1.82, 2.24) is 0 Å². The summed E-state index contributed by atoms with van der Waals surface area (Å²) in [7, 11) is 0. The minimum Gasteiger partial charge on any atom is -0.481 e. The Morgan fingerprint density at radius 3 is 1.30 bits per heavy atom. The summed E-state index contributed by atoms with van der Waals surface area (Å²) in [5.74, 6) is -11.0. The Morgan fingerprint density at radius 1 is 0.553 bits per heavy atom. The van der Waals surface area contributed by atoms with Gasteiger partial charge in [-0.25, -0.2) is 0 Å². The Morgan fingerprint density at radius 2 is 0.936 bits per heavy atom. The molecule has 0 heterocycles. The fourth-order valence-electron chi connectivity index (χ4n) is 7.37. The smallest absolute Gasteiger partial charge is 0.307 e. The number of carbonyl (C=O) groups excluding carboxylic acids is 2. The van der Waals surface area contributed by atoms with Crippen molar-refractivity contribution in [1.29, 1.82) is 0 Å². The van der Waals surface area contributed by atoms with Crippen molar-refractivity contribution < 1.29 is 29.4 Å². The predicted molar refractivity (Wildman–Crippen MR) is 183 cm³/mol. The lowest BCUT2D eigenvalue weighted by Crippen LogP contribution is -2.45. The number of carbonyl (C=O) groups is 4. The molecule has 8 heteroatoms. The molecule has 7 atom stereocenters. The monoisotopic (exact) mass is 642 g/mol. The lowest BCUT2D eigenvalue weighted by atomic mass is 9.62. The third kappa shape index (κ3) is 9.31. The summed E-state index contributed by atoms with van der Waals surface area (Å²) in [5.41, 5.74) is 13.5. The van der Waals surface area contributed by atoms with E-state index in [1.807, 2.05) is 102 Å². The van der Waals surface area contributed by atoms with Gasteiger partial charge in [0.15, 0.2) is 0 Å². The minimum atomic E-state index is -1.36. The number of carboxylic acids is 2. The van der Waals surface area contributed by atoms with E-state index in [0.29, 0.717) is 5.56 Å². The van der Waals surface area contributed by atoms with E-state index in [9.17, 15) is 29.4 Å². The van der Waals surface area contributed by atoms with Gasteiger partial charge in [0.05, 0.1) is 23.7 Å². The molecule has 6 N–H and O–H groups in total. The number of aliphatic carboxylic acids is 2. The molecule has 0 spiro atoms. The van der Waals surface area contributed by atoms with Gasteiger partial charge in [-0.2, -0.15) is 0 Å². The number of nitrogens with two attached hydrogens (primary N) is 2. The summed E-state index contributed by atoms with van der Waals surface area (Å²) in [6.45, 7) is 11.8. The van der Waals surface area contributed by atoms with Crippen LogP contribution in [0.3, 0.4) is 0 Å². The number of hydrogen-bond donors (Lipinski definition) is 4. The molecule has 8 nitrogen and oxygen atoms in total. The van der Waals surface area contributed by atoms with Crippen molar-refractivity contribution in [3.05, 3.63) is 108 Å². The zero-order chi connectivity index (χ0) is 35.1. The second-order valence-electron chi connectivity index (χ2n) is 14.8. The average molecular weight is 643 g/mol. The number of rotatable bonds is 15. The number of benzene rings is 3. The number of hydrogen-bond acceptors (Lipinski definition) is 4. The highest BCUT2D eigenvalue weighted by Gasteiger charge is 2.48. The lowest BCUT2D eigenvalue weighted by Gasteiger charge is -2.41. The Balaban J connectivity index is 2.23. The van der Waals surface area contributed by atoms with Crippen LogP contribution in [0.15, 0.2) is 91.0 Å². The maximum atomic E-state index is 13.5. The lowest BCUT2D eigenvalue weighted by molar-refractivity contribution is -0.150. The van der Waals surface area contributed by atoms with Gasteiger partial charge < -0.3 is 21.7 Å². The largest absolute Gasteiger partial charge is 0.481 e. The summed E-state index contributed by atoms with van der Waals surface area (Å²) in [6, 6.07) is 27.5. The zero-order valence-corrected chi connectivity index (χ0v) is 28.3. The third-order valence-corrected chi connectivity index (χ3v) is 9.52. The Labute approximate surface area is 278 Å². The molecule has 3 rings (SSSR count). The molecule has 0 aliphatic heterocycles. The van der Waals surface area contributed by atoms with Crippen LogP contribution < -0.4 is 11.5 Å². The van der Waals surface area contributed by atoms with Crippen LogP contribution in [0, 0.1) is 34.5 Å². The molecule has 0 saturated heterocycles. The van der Waals surface area contributed by atoms with Gasteiger partial charge in [0.1, 0.15) is 0 Å². The van der Waals surface area contributed by atoms with E-state index < -0.39 is 64.7 Å². The van der Waals surface area contributed by atoms with Crippen molar-refractivity contribution in [2.75, 3.05) is 0 Å². The molecule has 0 saturated carbocycles. The van der Waals surface area contributed by atoms with Crippen LogP contribution in [0.25, 0.3) is 0 Å². The molecule has 7 unspecified atom stereocenters. The molecule has 3 aromatic rings. The van der Waals surface area contributed by atoms with E-state index in [1.165, 1.54) is 0 Å². The summed E-state index contributed by atoms with van der Waals surface area (Å²) in [4.78, 5) is 53.3. The fraction of sp³-hybridized carbons (Fsp3) is 0.436. The molecule has 2 amide bonds. The molecule has 0 aromatic heterocycles. The van der Waals surface area contributed by atoms with Crippen molar-refractivity contribution in [3.63, 3.8) is 0 Å².